The molecule has 0 amide bonds. The zero-order chi connectivity index (χ0) is 15.4. The highest BCUT2D eigenvalue weighted by atomic mass is 19.1. The van der Waals surface area contributed by atoms with Crippen LogP contribution in [0.25, 0.3) is 0 Å². The van der Waals surface area contributed by atoms with Crippen molar-refractivity contribution in [2.24, 2.45) is 11.7 Å². The van der Waals surface area contributed by atoms with Crippen LogP contribution in [0.2, 0.25) is 0 Å². The molecule has 118 valence electrons. The number of piperidine rings is 1. The van der Waals surface area contributed by atoms with Crippen molar-refractivity contribution >= 4 is 0 Å². The van der Waals surface area contributed by atoms with Crippen LogP contribution >= 0.6 is 0 Å². The molecule has 1 heterocycles. The van der Waals surface area contributed by atoms with E-state index in [0.717, 1.165) is 18.0 Å². The Labute approximate surface area is 127 Å². The summed E-state index contributed by atoms with van der Waals surface area (Å²) < 4.78 is 13.8. The Bertz CT molecular complexity index is 455. The first-order valence-electron chi connectivity index (χ1n) is 7.86. The zero-order valence-corrected chi connectivity index (χ0v) is 13.5. The minimum absolute atomic E-state index is 0.0970. The number of halogens is 1. The predicted molar refractivity (Wildman–Crippen MR) is 85.8 cm³/mol. The van der Waals surface area contributed by atoms with E-state index in [-0.39, 0.29) is 11.9 Å². The fourth-order valence-electron chi connectivity index (χ4n) is 3.17. The lowest BCUT2D eigenvalue weighted by Gasteiger charge is -2.35. The van der Waals surface area contributed by atoms with Crippen LogP contribution in [0.4, 0.5) is 4.39 Å². The molecule has 1 aliphatic rings. The van der Waals surface area contributed by atoms with E-state index in [1.54, 1.807) is 13.0 Å². The van der Waals surface area contributed by atoms with E-state index in [1.165, 1.54) is 25.9 Å². The minimum Gasteiger partial charge on any atom is -0.329 e. The molecule has 1 aromatic rings. The Kier molecular flexibility index (Phi) is 5.73. The van der Waals surface area contributed by atoms with Gasteiger partial charge in [-0.25, -0.2) is 4.39 Å². The topological polar surface area (TPSA) is 32.5 Å². The summed E-state index contributed by atoms with van der Waals surface area (Å²) in [5.74, 6) is 0.578. The first kappa shape index (κ1) is 16.4. The number of benzene rings is 1. The maximum absolute atomic E-state index is 13.8. The van der Waals surface area contributed by atoms with Crippen molar-refractivity contribution in [1.82, 2.24) is 9.80 Å². The van der Waals surface area contributed by atoms with Crippen molar-refractivity contribution in [2.75, 3.05) is 40.3 Å². The van der Waals surface area contributed by atoms with Crippen molar-refractivity contribution in [3.63, 3.8) is 0 Å². The number of aryl methyl sites for hydroxylation is 1. The van der Waals surface area contributed by atoms with Crippen LogP contribution in [0.1, 0.15) is 30.0 Å². The maximum atomic E-state index is 13.8. The van der Waals surface area contributed by atoms with Crippen LogP contribution < -0.4 is 5.73 Å². The average molecular weight is 293 g/mol. The molecule has 1 atom stereocenters. The van der Waals surface area contributed by atoms with Crippen LogP contribution in [0.15, 0.2) is 18.2 Å². The van der Waals surface area contributed by atoms with Gasteiger partial charge >= 0.3 is 0 Å². The van der Waals surface area contributed by atoms with Crippen molar-refractivity contribution in [3.05, 3.63) is 35.1 Å². The van der Waals surface area contributed by atoms with Crippen LogP contribution in [0.3, 0.4) is 0 Å². The fourth-order valence-corrected chi connectivity index (χ4v) is 3.17. The molecule has 2 rings (SSSR count). The molecule has 0 bridgehead atoms. The molecule has 1 aromatic carbocycles. The molecule has 1 unspecified atom stereocenters. The molecule has 4 heteroatoms. The second-order valence-corrected chi connectivity index (χ2v) is 6.45. The Morgan fingerprint density at radius 2 is 2.05 bits per heavy atom. The van der Waals surface area contributed by atoms with Gasteiger partial charge in [0.2, 0.25) is 0 Å². The minimum atomic E-state index is -0.140. The highest BCUT2D eigenvalue weighted by molar-refractivity contribution is 5.26. The van der Waals surface area contributed by atoms with Gasteiger partial charge in [-0.05, 0) is 70.1 Å². The Morgan fingerprint density at radius 1 is 1.38 bits per heavy atom. The third kappa shape index (κ3) is 4.25. The van der Waals surface area contributed by atoms with Gasteiger partial charge in [-0.15, -0.1) is 0 Å². The summed E-state index contributed by atoms with van der Waals surface area (Å²) in [6, 6.07) is 5.58. The zero-order valence-electron chi connectivity index (χ0n) is 13.5. The number of hydrogen-bond acceptors (Lipinski definition) is 3. The van der Waals surface area contributed by atoms with E-state index in [1.807, 2.05) is 12.1 Å². The van der Waals surface area contributed by atoms with Crippen LogP contribution in [0.5, 0.6) is 0 Å². The quantitative estimate of drug-likeness (QED) is 0.905. The van der Waals surface area contributed by atoms with Crippen molar-refractivity contribution in [1.29, 1.82) is 0 Å². The summed E-state index contributed by atoms with van der Waals surface area (Å²) in [6.45, 7) is 5.69. The van der Waals surface area contributed by atoms with Crippen molar-refractivity contribution in [2.45, 2.75) is 25.8 Å². The van der Waals surface area contributed by atoms with Gasteiger partial charge in [0.15, 0.2) is 0 Å². The molecule has 21 heavy (non-hydrogen) atoms. The molecule has 0 spiro atoms. The number of nitrogens with zero attached hydrogens (tertiary/aromatic N) is 2. The van der Waals surface area contributed by atoms with Gasteiger partial charge in [0.25, 0.3) is 0 Å². The molecule has 1 saturated heterocycles. The number of hydrogen-bond donors (Lipinski definition) is 1. The van der Waals surface area contributed by atoms with Crippen LogP contribution in [-0.2, 0) is 0 Å². The normalized spacial score (nSPS) is 19.1. The summed E-state index contributed by atoms with van der Waals surface area (Å²) in [6.07, 6.45) is 2.47. The highest BCUT2D eigenvalue weighted by Gasteiger charge is 2.22. The van der Waals surface area contributed by atoms with E-state index in [9.17, 15) is 4.39 Å². The van der Waals surface area contributed by atoms with Gasteiger partial charge in [0.05, 0.1) is 0 Å². The summed E-state index contributed by atoms with van der Waals surface area (Å²) in [7, 11) is 4.28. The van der Waals surface area contributed by atoms with Gasteiger partial charge in [-0.1, -0.05) is 12.1 Å². The Hall–Kier alpha value is -0.970. The molecule has 3 nitrogen and oxygen atoms in total. The third-order valence-corrected chi connectivity index (χ3v) is 4.72. The lowest BCUT2D eigenvalue weighted by atomic mass is 9.95. The molecular formula is C17H28FN3. The number of nitrogens with two attached hydrogens (primary N) is 1. The van der Waals surface area contributed by atoms with Crippen molar-refractivity contribution < 1.29 is 4.39 Å². The fraction of sp³-hybridized carbons (Fsp3) is 0.647. The summed E-state index contributed by atoms with van der Waals surface area (Å²) in [5.41, 5.74) is 7.62. The van der Waals surface area contributed by atoms with Gasteiger partial charge in [0, 0.05) is 19.1 Å². The molecule has 2 N–H and O–H groups in total. The molecular weight excluding hydrogens is 265 g/mol. The monoisotopic (exact) mass is 293 g/mol. The van der Waals surface area contributed by atoms with Gasteiger partial charge in [0.1, 0.15) is 5.82 Å². The second kappa shape index (κ2) is 7.34. The standard InChI is InChI=1S/C17H28FN3/c1-13-4-5-15(10-16(13)18)17(11-19)21(3)12-14-6-8-20(2)9-7-14/h4-5,10,14,17H,6-9,11-12,19H2,1-3H3. The summed E-state index contributed by atoms with van der Waals surface area (Å²) >= 11 is 0. The first-order chi connectivity index (χ1) is 10.0. The molecule has 1 fully saturated rings. The summed E-state index contributed by atoms with van der Waals surface area (Å²) in [5, 5.41) is 0. The Balaban J connectivity index is 2.00. The van der Waals surface area contributed by atoms with E-state index < -0.39 is 0 Å². The first-order valence-corrected chi connectivity index (χ1v) is 7.86. The SMILES string of the molecule is Cc1ccc(C(CN)N(C)CC2CCN(C)CC2)cc1F. The highest BCUT2D eigenvalue weighted by Crippen LogP contribution is 2.24. The lowest BCUT2D eigenvalue weighted by Crippen LogP contribution is -2.38. The van der Waals surface area contributed by atoms with Gasteiger partial charge in [-0.2, -0.15) is 0 Å². The molecule has 0 saturated carbocycles. The van der Waals surface area contributed by atoms with Crippen LogP contribution in [-0.4, -0.2) is 50.1 Å². The van der Waals surface area contributed by atoms with E-state index >= 15 is 0 Å². The molecule has 1 aliphatic heterocycles. The van der Waals surface area contributed by atoms with E-state index in [2.05, 4.69) is 23.9 Å². The molecule has 0 aromatic heterocycles. The predicted octanol–water partition coefficient (Wildman–Crippen LogP) is 2.41. The maximum Gasteiger partial charge on any atom is 0.126 e. The van der Waals surface area contributed by atoms with Gasteiger partial charge in [-0.3, -0.25) is 4.90 Å². The Morgan fingerprint density at radius 3 is 2.62 bits per heavy atom. The van der Waals surface area contributed by atoms with Gasteiger partial charge < -0.3 is 10.6 Å². The second-order valence-electron chi connectivity index (χ2n) is 6.45. The lowest BCUT2D eigenvalue weighted by molar-refractivity contribution is 0.151. The van der Waals surface area contributed by atoms with Crippen LogP contribution in [0, 0.1) is 18.7 Å². The van der Waals surface area contributed by atoms with E-state index in [0.29, 0.717) is 12.1 Å². The molecule has 0 aliphatic carbocycles. The smallest absolute Gasteiger partial charge is 0.126 e. The summed E-state index contributed by atoms with van der Waals surface area (Å²) in [4.78, 5) is 4.67. The number of rotatable bonds is 5. The molecule has 0 radical (unpaired) electrons. The van der Waals surface area contributed by atoms with Crippen molar-refractivity contribution in [3.8, 4) is 0 Å². The third-order valence-electron chi connectivity index (χ3n) is 4.72. The number of likely N-dealkylation sites (N-methyl/N-ethyl adjacent to an activating group) is 1. The van der Waals surface area contributed by atoms with E-state index in [4.69, 9.17) is 5.73 Å². The average Bonchev–Trinajstić information content (AvgIpc) is 2.46. The largest absolute Gasteiger partial charge is 0.329 e. The number of likely N-dealkylation sites (tertiary alicyclic amines) is 1.